The Kier molecular flexibility index (Phi) is 4.18. The van der Waals surface area contributed by atoms with E-state index >= 15 is 0 Å². The Labute approximate surface area is 107 Å². The van der Waals surface area contributed by atoms with Gasteiger partial charge in [-0.15, -0.1) is 0 Å². The molecule has 1 unspecified atom stereocenters. The van der Waals surface area contributed by atoms with E-state index < -0.39 is 0 Å². The Morgan fingerprint density at radius 2 is 2.35 bits per heavy atom. The summed E-state index contributed by atoms with van der Waals surface area (Å²) in [6.07, 6.45) is 4.29. The molecule has 0 saturated carbocycles. The van der Waals surface area contributed by atoms with Crippen molar-refractivity contribution in [2.45, 2.75) is 25.0 Å². The fourth-order valence-electron chi connectivity index (χ4n) is 2.11. The second kappa shape index (κ2) is 5.65. The summed E-state index contributed by atoms with van der Waals surface area (Å²) >= 11 is 1.84. The Hall–Kier alpha value is -0.870. The molecule has 3 nitrogen and oxygen atoms in total. The highest BCUT2D eigenvalue weighted by atomic mass is 32.2. The van der Waals surface area contributed by atoms with Crippen LogP contribution in [0.15, 0.2) is 18.2 Å². The average Bonchev–Trinajstić information content (AvgIpc) is 2.35. The molecule has 0 fully saturated rings. The van der Waals surface area contributed by atoms with E-state index in [1.165, 1.54) is 0 Å². The molecule has 1 aliphatic heterocycles. The van der Waals surface area contributed by atoms with Crippen molar-refractivity contribution in [1.82, 2.24) is 0 Å². The van der Waals surface area contributed by atoms with Crippen LogP contribution >= 0.6 is 11.8 Å². The van der Waals surface area contributed by atoms with Crippen molar-refractivity contribution in [1.29, 1.82) is 0 Å². The van der Waals surface area contributed by atoms with E-state index in [1.54, 1.807) is 7.11 Å². The first-order chi connectivity index (χ1) is 8.24. The molecule has 0 spiro atoms. The molecule has 0 amide bonds. The zero-order chi connectivity index (χ0) is 12.3. The summed E-state index contributed by atoms with van der Waals surface area (Å²) in [6.45, 7) is 0. The third-order valence-electron chi connectivity index (χ3n) is 3.07. The maximum absolute atomic E-state index is 6.17. The van der Waals surface area contributed by atoms with Gasteiger partial charge in [-0.05, 0) is 24.5 Å². The van der Waals surface area contributed by atoms with Gasteiger partial charge in [-0.1, -0.05) is 6.07 Å². The number of rotatable bonds is 4. The summed E-state index contributed by atoms with van der Waals surface area (Å²) in [5.41, 5.74) is 7.26. The van der Waals surface area contributed by atoms with Crippen LogP contribution in [0.25, 0.3) is 0 Å². The standard InChI is InChI=1S/C13H19NO2S/c1-15-9-3-4-11-12(14)7-10(5-6-17-2)16-13(11)8-9/h3-4,8,10,12H,5-7,14H2,1-2H3/t10?,12-/m1/s1. The van der Waals surface area contributed by atoms with Gasteiger partial charge in [-0.2, -0.15) is 11.8 Å². The highest BCUT2D eigenvalue weighted by Crippen LogP contribution is 2.36. The van der Waals surface area contributed by atoms with E-state index in [0.29, 0.717) is 0 Å². The van der Waals surface area contributed by atoms with Crippen molar-refractivity contribution in [3.05, 3.63) is 23.8 Å². The van der Waals surface area contributed by atoms with Crippen LogP contribution in [0.2, 0.25) is 0 Å². The smallest absolute Gasteiger partial charge is 0.128 e. The van der Waals surface area contributed by atoms with Gasteiger partial charge in [-0.3, -0.25) is 0 Å². The van der Waals surface area contributed by atoms with E-state index in [9.17, 15) is 0 Å². The van der Waals surface area contributed by atoms with Gasteiger partial charge >= 0.3 is 0 Å². The van der Waals surface area contributed by atoms with Crippen molar-refractivity contribution < 1.29 is 9.47 Å². The van der Waals surface area contributed by atoms with Crippen LogP contribution in [0.5, 0.6) is 11.5 Å². The average molecular weight is 253 g/mol. The summed E-state index contributed by atoms with van der Waals surface area (Å²) < 4.78 is 11.2. The molecule has 2 rings (SSSR count). The zero-order valence-electron chi connectivity index (χ0n) is 10.3. The summed E-state index contributed by atoms with van der Waals surface area (Å²) in [5.74, 6) is 2.81. The number of methoxy groups -OCH3 is 1. The number of ether oxygens (including phenoxy) is 2. The fourth-order valence-corrected chi connectivity index (χ4v) is 2.61. The monoisotopic (exact) mass is 253 g/mol. The second-order valence-electron chi connectivity index (χ2n) is 4.27. The van der Waals surface area contributed by atoms with Crippen LogP contribution in [-0.4, -0.2) is 25.2 Å². The third-order valence-corrected chi connectivity index (χ3v) is 3.72. The third kappa shape index (κ3) is 2.87. The minimum Gasteiger partial charge on any atom is -0.497 e. The van der Waals surface area contributed by atoms with Crippen LogP contribution in [0.4, 0.5) is 0 Å². The van der Waals surface area contributed by atoms with Crippen LogP contribution < -0.4 is 15.2 Å². The van der Waals surface area contributed by atoms with Gasteiger partial charge in [0.25, 0.3) is 0 Å². The predicted octanol–water partition coefficient (Wildman–Crippen LogP) is 2.60. The van der Waals surface area contributed by atoms with Crippen molar-refractivity contribution in [3.63, 3.8) is 0 Å². The molecule has 0 aliphatic carbocycles. The van der Waals surface area contributed by atoms with E-state index in [1.807, 2.05) is 30.0 Å². The number of fused-ring (bicyclic) bond motifs is 1. The van der Waals surface area contributed by atoms with Gasteiger partial charge in [0, 0.05) is 24.1 Å². The molecule has 4 heteroatoms. The minimum absolute atomic E-state index is 0.0801. The lowest BCUT2D eigenvalue weighted by molar-refractivity contribution is 0.156. The number of thioether (sulfide) groups is 1. The highest BCUT2D eigenvalue weighted by Gasteiger charge is 2.25. The first kappa shape index (κ1) is 12.6. The van der Waals surface area contributed by atoms with E-state index in [0.717, 1.165) is 35.7 Å². The molecule has 2 atom stereocenters. The maximum atomic E-state index is 6.17. The first-order valence-electron chi connectivity index (χ1n) is 5.83. The van der Waals surface area contributed by atoms with Crippen molar-refractivity contribution >= 4 is 11.8 Å². The molecule has 1 heterocycles. The first-order valence-corrected chi connectivity index (χ1v) is 7.23. The van der Waals surface area contributed by atoms with E-state index in [2.05, 4.69) is 6.26 Å². The minimum atomic E-state index is 0.0801. The van der Waals surface area contributed by atoms with Gasteiger partial charge in [0.05, 0.1) is 7.11 Å². The lowest BCUT2D eigenvalue weighted by Crippen LogP contribution is -2.30. The van der Waals surface area contributed by atoms with Crippen molar-refractivity contribution in [2.24, 2.45) is 5.73 Å². The fraction of sp³-hybridized carbons (Fsp3) is 0.538. The SMILES string of the molecule is COc1ccc2c(c1)OC(CCSC)C[C@H]2N. The number of nitrogens with two attached hydrogens (primary N) is 1. The molecule has 1 aromatic rings. The largest absolute Gasteiger partial charge is 0.497 e. The van der Waals surface area contributed by atoms with Crippen molar-refractivity contribution in [2.75, 3.05) is 19.1 Å². The molecule has 0 radical (unpaired) electrons. The Bertz CT molecular complexity index is 384. The summed E-state index contributed by atoms with van der Waals surface area (Å²) in [4.78, 5) is 0. The van der Waals surface area contributed by atoms with Gasteiger partial charge in [0.1, 0.15) is 17.6 Å². The Morgan fingerprint density at radius 1 is 1.53 bits per heavy atom. The van der Waals surface area contributed by atoms with Crippen LogP contribution in [0, 0.1) is 0 Å². The summed E-state index contributed by atoms with van der Waals surface area (Å²) in [6, 6.07) is 5.95. The van der Waals surface area contributed by atoms with E-state index in [4.69, 9.17) is 15.2 Å². The number of hydrogen-bond acceptors (Lipinski definition) is 4. The lowest BCUT2D eigenvalue weighted by atomic mass is 9.96. The normalized spacial score (nSPS) is 22.8. The van der Waals surface area contributed by atoms with Gasteiger partial charge in [0.15, 0.2) is 0 Å². The second-order valence-corrected chi connectivity index (χ2v) is 5.25. The number of hydrogen-bond donors (Lipinski definition) is 1. The molecule has 0 aromatic heterocycles. The topological polar surface area (TPSA) is 44.5 Å². The number of benzene rings is 1. The van der Waals surface area contributed by atoms with Crippen molar-refractivity contribution in [3.8, 4) is 11.5 Å². The maximum Gasteiger partial charge on any atom is 0.128 e. The Morgan fingerprint density at radius 3 is 3.06 bits per heavy atom. The molecule has 94 valence electrons. The highest BCUT2D eigenvalue weighted by molar-refractivity contribution is 7.98. The lowest BCUT2D eigenvalue weighted by Gasteiger charge is -2.30. The molecule has 0 bridgehead atoms. The Balaban J connectivity index is 2.15. The van der Waals surface area contributed by atoms with Crippen LogP contribution in [-0.2, 0) is 0 Å². The predicted molar refractivity (Wildman–Crippen MR) is 72.0 cm³/mol. The molecular formula is C13H19NO2S. The van der Waals surface area contributed by atoms with Crippen LogP contribution in [0.1, 0.15) is 24.4 Å². The molecular weight excluding hydrogens is 234 g/mol. The van der Waals surface area contributed by atoms with Gasteiger partial charge < -0.3 is 15.2 Å². The quantitative estimate of drug-likeness (QED) is 0.896. The van der Waals surface area contributed by atoms with E-state index in [-0.39, 0.29) is 12.1 Å². The zero-order valence-corrected chi connectivity index (χ0v) is 11.1. The van der Waals surface area contributed by atoms with Gasteiger partial charge in [-0.25, -0.2) is 0 Å². The molecule has 0 saturated heterocycles. The molecule has 1 aliphatic rings. The molecule has 17 heavy (non-hydrogen) atoms. The molecule has 2 N–H and O–H groups in total. The summed E-state index contributed by atoms with van der Waals surface area (Å²) in [5, 5.41) is 0. The van der Waals surface area contributed by atoms with Crippen LogP contribution in [0.3, 0.4) is 0 Å². The molecule has 1 aromatic carbocycles. The van der Waals surface area contributed by atoms with Gasteiger partial charge in [0.2, 0.25) is 0 Å². The summed E-state index contributed by atoms with van der Waals surface area (Å²) in [7, 11) is 1.66.